The third-order valence-corrected chi connectivity index (χ3v) is 3.30. The van der Waals surface area contributed by atoms with Gasteiger partial charge in [-0.05, 0) is 56.7 Å². The molecule has 2 rings (SSSR count). The fourth-order valence-corrected chi connectivity index (χ4v) is 2.28. The van der Waals surface area contributed by atoms with E-state index in [1.165, 1.54) is 0 Å². The van der Waals surface area contributed by atoms with Gasteiger partial charge in [0.1, 0.15) is 0 Å². The van der Waals surface area contributed by atoms with Gasteiger partial charge in [0, 0.05) is 11.3 Å². The second-order valence-electron chi connectivity index (χ2n) is 5.54. The van der Waals surface area contributed by atoms with E-state index in [9.17, 15) is 9.59 Å². The summed E-state index contributed by atoms with van der Waals surface area (Å²) in [5, 5.41) is 2.83. The van der Waals surface area contributed by atoms with Crippen LogP contribution in [0.15, 0.2) is 42.5 Å². The number of anilines is 1. The molecule has 0 atom stereocenters. The van der Waals surface area contributed by atoms with Crippen LogP contribution in [0, 0.1) is 13.8 Å². The standard InChI is InChI=1S/C19H21NO3/c1-4-9-23-19(22)15-5-7-17(8-6-15)20-18(21)16-11-13(2)10-14(3)12-16/h5-8,10-12H,4,9H2,1-3H3,(H,20,21). The van der Waals surface area contributed by atoms with E-state index in [4.69, 9.17) is 4.74 Å². The zero-order valence-corrected chi connectivity index (χ0v) is 13.7. The van der Waals surface area contributed by atoms with Gasteiger partial charge in [0.15, 0.2) is 0 Å². The predicted molar refractivity (Wildman–Crippen MR) is 90.9 cm³/mol. The van der Waals surface area contributed by atoms with Crippen LogP contribution in [0.2, 0.25) is 0 Å². The summed E-state index contributed by atoms with van der Waals surface area (Å²) in [6.45, 7) is 6.27. The lowest BCUT2D eigenvalue weighted by Gasteiger charge is -2.08. The van der Waals surface area contributed by atoms with Crippen LogP contribution in [0.25, 0.3) is 0 Å². The van der Waals surface area contributed by atoms with Crippen LogP contribution in [0.5, 0.6) is 0 Å². The first kappa shape index (κ1) is 16.7. The molecule has 0 unspecified atom stereocenters. The van der Waals surface area contributed by atoms with Crippen LogP contribution in [0.1, 0.15) is 45.2 Å². The van der Waals surface area contributed by atoms with Crippen LogP contribution in [-0.4, -0.2) is 18.5 Å². The van der Waals surface area contributed by atoms with E-state index in [-0.39, 0.29) is 11.9 Å². The monoisotopic (exact) mass is 311 g/mol. The van der Waals surface area contributed by atoms with Crippen molar-refractivity contribution in [1.29, 1.82) is 0 Å². The molecule has 0 aliphatic rings. The molecule has 23 heavy (non-hydrogen) atoms. The number of amides is 1. The predicted octanol–water partition coefficient (Wildman–Crippen LogP) is 4.12. The molecule has 2 aromatic carbocycles. The van der Waals surface area contributed by atoms with Gasteiger partial charge in [0.25, 0.3) is 5.91 Å². The molecule has 0 fully saturated rings. The summed E-state index contributed by atoms with van der Waals surface area (Å²) in [6, 6.07) is 12.4. The van der Waals surface area contributed by atoms with Gasteiger partial charge >= 0.3 is 5.97 Å². The fourth-order valence-electron chi connectivity index (χ4n) is 2.28. The third-order valence-electron chi connectivity index (χ3n) is 3.30. The maximum Gasteiger partial charge on any atom is 0.338 e. The molecular weight excluding hydrogens is 290 g/mol. The Bertz CT molecular complexity index is 685. The molecule has 4 nitrogen and oxygen atoms in total. The van der Waals surface area contributed by atoms with E-state index < -0.39 is 0 Å². The highest BCUT2D eigenvalue weighted by Crippen LogP contribution is 2.14. The van der Waals surface area contributed by atoms with Crippen molar-refractivity contribution in [3.63, 3.8) is 0 Å². The number of rotatable bonds is 5. The van der Waals surface area contributed by atoms with Gasteiger partial charge < -0.3 is 10.1 Å². The van der Waals surface area contributed by atoms with Crippen LogP contribution in [0.4, 0.5) is 5.69 Å². The average molecular weight is 311 g/mol. The Balaban J connectivity index is 2.05. The van der Waals surface area contributed by atoms with Crippen molar-refractivity contribution < 1.29 is 14.3 Å². The highest BCUT2D eigenvalue weighted by molar-refractivity contribution is 6.04. The van der Waals surface area contributed by atoms with Crippen molar-refractivity contribution in [2.45, 2.75) is 27.2 Å². The van der Waals surface area contributed by atoms with E-state index in [0.29, 0.717) is 23.4 Å². The molecule has 0 aliphatic carbocycles. The summed E-state index contributed by atoms with van der Waals surface area (Å²) in [6.07, 6.45) is 0.787. The van der Waals surface area contributed by atoms with Crippen molar-refractivity contribution in [2.24, 2.45) is 0 Å². The topological polar surface area (TPSA) is 55.4 Å². The molecule has 0 saturated carbocycles. The first-order chi connectivity index (χ1) is 11.0. The molecule has 120 valence electrons. The molecule has 1 amide bonds. The first-order valence-electron chi connectivity index (χ1n) is 7.66. The van der Waals surface area contributed by atoms with E-state index in [2.05, 4.69) is 5.32 Å². The number of hydrogen-bond acceptors (Lipinski definition) is 3. The molecule has 0 saturated heterocycles. The lowest BCUT2D eigenvalue weighted by Crippen LogP contribution is -2.12. The second-order valence-corrected chi connectivity index (χ2v) is 5.54. The van der Waals surface area contributed by atoms with Crippen molar-refractivity contribution in [1.82, 2.24) is 0 Å². The van der Waals surface area contributed by atoms with Gasteiger partial charge in [-0.15, -0.1) is 0 Å². The largest absolute Gasteiger partial charge is 0.462 e. The Morgan fingerprint density at radius 2 is 1.57 bits per heavy atom. The summed E-state index contributed by atoms with van der Waals surface area (Å²) in [4.78, 5) is 24.0. The summed E-state index contributed by atoms with van der Waals surface area (Å²) in [5.41, 5.74) is 3.83. The summed E-state index contributed by atoms with van der Waals surface area (Å²) >= 11 is 0. The molecule has 1 N–H and O–H groups in total. The van der Waals surface area contributed by atoms with Gasteiger partial charge in [-0.1, -0.05) is 24.1 Å². The molecule has 0 bridgehead atoms. The molecule has 0 aliphatic heterocycles. The zero-order valence-electron chi connectivity index (χ0n) is 13.7. The number of nitrogens with one attached hydrogen (secondary N) is 1. The Hall–Kier alpha value is -2.62. The van der Waals surface area contributed by atoms with Crippen LogP contribution >= 0.6 is 0 Å². The number of esters is 1. The summed E-state index contributed by atoms with van der Waals surface area (Å²) in [5.74, 6) is -0.517. The quantitative estimate of drug-likeness (QED) is 0.845. The Morgan fingerprint density at radius 1 is 0.957 bits per heavy atom. The van der Waals surface area contributed by atoms with Gasteiger partial charge in [0.05, 0.1) is 12.2 Å². The lowest BCUT2D eigenvalue weighted by molar-refractivity contribution is 0.0505. The number of aryl methyl sites for hydroxylation is 2. The maximum atomic E-state index is 12.3. The minimum absolute atomic E-state index is 0.168. The zero-order chi connectivity index (χ0) is 16.8. The first-order valence-corrected chi connectivity index (χ1v) is 7.66. The Morgan fingerprint density at radius 3 is 2.13 bits per heavy atom. The third kappa shape index (κ3) is 4.68. The van der Waals surface area contributed by atoms with Crippen molar-refractivity contribution in [2.75, 3.05) is 11.9 Å². The highest BCUT2D eigenvalue weighted by Gasteiger charge is 2.09. The Kier molecular flexibility index (Phi) is 5.52. The smallest absolute Gasteiger partial charge is 0.338 e. The Labute approximate surface area is 136 Å². The molecule has 0 radical (unpaired) electrons. The maximum absolute atomic E-state index is 12.3. The number of carbonyl (C=O) groups excluding carboxylic acids is 2. The molecule has 0 spiro atoms. The van der Waals surface area contributed by atoms with Crippen molar-refractivity contribution >= 4 is 17.6 Å². The average Bonchev–Trinajstić information content (AvgIpc) is 2.52. The number of carbonyl (C=O) groups is 2. The van der Waals surface area contributed by atoms with Gasteiger partial charge in [-0.3, -0.25) is 4.79 Å². The van der Waals surface area contributed by atoms with Gasteiger partial charge in [-0.25, -0.2) is 4.79 Å². The van der Waals surface area contributed by atoms with Crippen LogP contribution in [0.3, 0.4) is 0 Å². The van der Waals surface area contributed by atoms with Gasteiger partial charge in [-0.2, -0.15) is 0 Å². The van der Waals surface area contributed by atoms with Crippen LogP contribution < -0.4 is 5.32 Å². The lowest BCUT2D eigenvalue weighted by atomic mass is 10.1. The minimum Gasteiger partial charge on any atom is -0.462 e. The molecule has 0 heterocycles. The van der Waals surface area contributed by atoms with Crippen molar-refractivity contribution in [3.8, 4) is 0 Å². The molecule has 2 aromatic rings. The molecular formula is C19H21NO3. The van der Waals surface area contributed by atoms with Crippen molar-refractivity contribution in [3.05, 3.63) is 64.7 Å². The number of benzene rings is 2. The molecule has 4 heteroatoms. The van der Waals surface area contributed by atoms with E-state index in [1.54, 1.807) is 24.3 Å². The van der Waals surface area contributed by atoms with E-state index >= 15 is 0 Å². The molecule has 0 aromatic heterocycles. The van der Waals surface area contributed by atoms with Crippen LogP contribution in [-0.2, 0) is 4.74 Å². The summed E-state index contributed by atoms with van der Waals surface area (Å²) < 4.78 is 5.07. The highest BCUT2D eigenvalue weighted by atomic mass is 16.5. The normalized spacial score (nSPS) is 10.2. The van der Waals surface area contributed by atoms with Gasteiger partial charge in [0.2, 0.25) is 0 Å². The fraction of sp³-hybridized carbons (Fsp3) is 0.263. The van der Waals surface area contributed by atoms with E-state index in [0.717, 1.165) is 17.5 Å². The number of ether oxygens (including phenoxy) is 1. The number of hydrogen-bond donors (Lipinski definition) is 1. The van der Waals surface area contributed by atoms with E-state index in [1.807, 2.05) is 39.0 Å². The second kappa shape index (κ2) is 7.58. The summed E-state index contributed by atoms with van der Waals surface area (Å²) in [7, 11) is 0. The minimum atomic E-state index is -0.348. The SMILES string of the molecule is CCCOC(=O)c1ccc(NC(=O)c2cc(C)cc(C)c2)cc1.